The lowest BCUT2D eigenvalue weighted by Gasteiger charge is -2.35. The Morgan fingerprint density at radius 3 is 2.00 bits per heavy atom. The van der Waals surface area contributed by atoms with Crippen LogP contribution in [0.1, 0.15) is 73.6 Å². The summed E-state index contributed by atoms with van der Waals surface area (Å²) in [6.45, 7) is 9.89. The Hall–Kier alpha value is -1.80. The van der Waals surface area contributed by atoms with Gasteiger partial charge in [0.05, 0.1) is 18.5 Å². The van der Waals surface area contributed by atoms with Gasteiger partial charge in [-0.05, 0) is 17.8 Å². The first-order chi connectivity index (χ1) is 13.2. The van der Waals surface area contributed by atoms with Crippen LogP contribution >= 0.6 is 0 Å². The number of carbonyl (C=O) groups excluding carboxylic acids is 4. The Morgan fingerprint density at radius 1 is 1.07 bits per heavy atom. The van der Waals surface area contributed by atoms with Gasteiger partial charge in [-0.15, -0.1) is 0 Å². The predicted octanol–water partition coefficient (Wildman–Crippen LogP) is 2.33. The lowest BCUT2D eigenvalue weighted by Crippen LogP contribution is -2.58. The summed E-state index contributed by atoms with van der Waals surface area (Å²) in [6, 6.07) is -1.05. The molecule has 0 radical (unpaired) electrons. The summed E-state index contributed by atoms with van der Waals surface area (Å²) in [5.41, 5.74) is 4.46. The second-order valence-electron chi connectivity index (χ2n) is 10.2. The van der Waals surface area contributed by atoms with E-state index in [9.17, 15) is 24.4 Å². The van der Waals surface area contributed by atoms with Gasteiger partial charge in [0.1, 0.15) is 0 Å². The van der Waals surface area contributed by atoms with Crippen LogP contribution in [0.15, 0.2) is 0 Å². The van der Waals surface area contributed by atoms with Crippen LogP contribution < -0.4 is 5.73 Å². The van der Waals surface area contributed by atoms with Gasteiger partial charge in [-0.1, -0.05) is 67.2 Å². The molecule has 1 aliphatic rings. The Labute approximate surface area is 173 Å². The third-order valence-electron chi connectivity index (χ3n) is 5.46. The van der Waals surface area contributed by atoms with Crippen molar-refractivity contribution < 1.29 is 24.4 Å². The number of nitrogens with two attached hydrogens (primary N) is 1. The Bertz CT molecular complexity index is 615. The highest BCUT2D eigenvalue weighted by Gasteiger charge is 2.44. The molecule has 0 saturated heterocycles. The largest absolute Gasteiger partial charge is 0.319 e. The number of nitrogens with zero attached hydrogens (tertiary/aromatic N) is 2. The van der Waals surface area contributed by atoms with Gasteiger partial charge in [0.2, 0.25) is 18.2 Å². The molecule has 1 rings (SSSR count). The highest BCUT2D eigenvalue weighted by molar-refractivity contribution is 6.14. The Balaban J connectivity index is 3.28. The molecule has 2 atom stereocenters. The standard InChI is InChI=1S/C21H37N3O5/c1-20(2,3)16(22)18(27)24(19(28)21(4,5)6)17(26)15(12-23(29)13-25)11-14-9-7-8-10-14/h13-16,29H,7-12,22H2,1-6H3/t15-,16-/m1/s1. The average molecular weight is 412 g/mol. The molecule has 0 bridgehead atoms. The Morgan fingerprint density at radius 2 is 1.59 bits per heavy atom. The Kier molecular flexibility index (Phi) is 8.53. The van der Waals surface area contributed by atoms with E-state index in [1.54, 1.807) is 41.5 Å². The lowest BCUT2D eigenvalue weighted by atomic mass is 9.84. The van der Waals surface area contributed by atoms with Crippen LogP contribution in [0.25, 0.3) is 0 Å². The quantitative estimate of drug-likeness (QED) is 0.377. The van der Waals surface area contributed by atoms with E-state index >= 15 is 0 Å². The van der Waals surface area contributed by atoms with Crippen molar-refractivity contribution in [3.8, 4) is 0 Å². The zero-order valence-electron chi connectivity index (χ0n) is 18.6. The van der Waals surface area contributed by atoms with Gasteiger partial charge < -0.3 is 5.73 Å². The molecule has 0 heterocycles. The highest BCUT2D eigenvalue weighted by Crippen LogP contribution is 2.32. The molecule has 1 fully saturated rings. The van der Waals surface area contributed by atoms with E-state index in [4.69, 9.17) is 5.73 Å². The average Bonchev–Trinajstić information content (AvgIpc) is 3.11. The zero-order valence-corrected chi connectivity index (χ0v) is 18.6. The van der Waals surface area contributed by atoms with Crippen LogP contribution in [-0.2, 0) is 19.2 Å². The molecule has 0 unspecified atom stereocenters. The summed E-state index contributed by atoms with van der Waals surface area (Å²) in [7, 11) is 0. The molecule has 0 aromatic heterocycles. The summed E-state index contributed by atoms with van der Waals surface area (Å²) in [6.07, 6.45) is 4.61. The molecule has 3 N–H and O–H groups in total. The number of hydroxylamine groups is 2. The molecule has 166 valence electrons. The number of carbonyl (C=O) groups is 4. The molecule has 0 aromatic rings. The highest BCUT2D eigenvalue weighted by atomic mass is 16.5. The first-order valence-electron chi connectivity index (χ1n) is 10.3. The van der Waals surface area contributed by atoms with Crippen molar-refractivity contribution in [2.75, 3.05) is 6.54 Å². The first-order valence-corrected chi connectivity index (χ1v) is 10.3. The zero-order chi connectivity index (χ0) is 22.6. The van der Waals surface area contributed by atoms with Gasteiger partial charge in [0.25, 0.3) is 5.91 Å². The molecule has 0 aliphatic heterocycles. The van der Waals surface area contributed by atoms with Crippen molar-refractivity contribution in [3.63, 3.8) is 0 Å². The summed E-state index contributed by atoms with van der Waals surface area (Å²) in [4.78, 5) is 51.2. The van der Waals surface area contributed by atoms with Crippen molar-refractivity contribution in [1.29, 1.82) is 0 Å². The van der Waals surface area contributed by atoms with Gasteiger partial charge in [-0.25, -0.2) is 9.96 Å². The van der Waals surface area contributed by atoms with Gasteiger partial charge in [0.15, 0.2) is 0 Å². The predicted molar refractivity (Wildman–Crippen MR) is 108 cm³/mol. The molecule has 4 amide bonds. The van der Waals surface area contributed by atoms with Crippen LogP contribution in [-0.4, -0.2) is 51.9 Å². The molecule has 29 heavy (non-hydrogen) atoms. The van der Waals surface area contributed by atoms with E-state index in [0.29, 0.717) is 16.4 Å². The minimum atomic E-state index is -1.05. The van der Waals surface area contributed by atoms with Crippen molar-refractivity contribution in [2.45, 2.75) is 79.7 Å². The number of hydrogen-bond donors (Lipinski definition) is 2. The van der Waals surface area contributed by atoms with Gasteiger partial charge in [-0.3, -0.25) is 24.4 Å². The van der Waals surface area contributed by atoms with Crippen molar-refractivity contribution >= 4 is 24.1 Å². The molecule has 1 saturated carbocycles. The fourth-order valence-electron chi connectivity index (χ4n) is 3.51. The summed E-state index contributed by atoms with van der Waals surface area (Å²) < 4.78 is 0. The van der Waals surface area contributed by atoms with Gasteiger partial charge in [0, 0.05) is 5.41 Å². The smallest absolute Gasteiger partial charge is 0.253 e. The first kappa shape index (κ1) is 25.2. The number of rotatable bonds is 7. The lowest BCUT2D eigenvalue weighted by molar-refractivity contribution is -0.166. The summed E-state index contributed by atoms with van der Waals surface area (Å²) in [5, 5.41) is 10.1. The number of hydrogen-bond acceptors (Lipinski definition) is 6. The maximum atomic E-state index is 13.4. The minimum Gasteiger partial charge on any atom is -0.319 e. The van der Waals surface area contributed by atoms with E-state index in [0.717, 1.165) is 25.7 Å². The maximum absolute atomic E-state index is 13.4. The number of amides is 4. The molecule has 8 nitrogen and oxygen atoms in total. The van der Waals surface area contributed by atoms with Crippen LogP contribution in [0.4, 0.5) is 0 Å². The van der Waals surface area contributed by atoms with Gasteiger partial charge in [-0.2, -0.15) is 0 Å². The van der Waals surface area contributed by atoms with Crippen LogP contribution in [0.3, 0.4) is 0 Å². The maximum Gasteiger partial charge on any atom is 0.253 e. The topological polar surface area (TPSA) is 121 Å². The van der Waals surface area contributed by atoms with Crippen molar-refractivity contribution in [3.05, 3.63) is 0 Å². The van der Waals surface area contributed by atoms with E-state index in [-0.39, 0.29) is 18.9 Å². The van der Waals surface area contributed by atoms with E-state index in [1.807, 2.05) is 0 Å². The SMILES string of the molecule is CC(C)(C)C(=O)N(C(=O)[C@H](CC1CCCC1)CN(O)C=O)C(=O)[C@@H](N)C(C)(C)C. The minimum absolute atomic E-state index is 0.216. The fraction of sp³-hybridized carbons (Fsp3) is 0.810. The summed E-state index contributed by atoms with van der Waals surface area (Å²) in [5.74, 6) is -2.71. The monoisotopic (exact) mass is 411 g/mol. The van der Waals surface area contributed by atoms with E-state index in [1.165, 1.54) is 0 Å². The van der Waals surface area contributed by atoms with Crippen LogP contribution in [0.5, 0.6) is 0 Å². The third-order valence-corrected chi connectivity index (χ3v) is 5.46. The fourth-order valence-corrected chi connectivity index (χ4v) is 3.51. The molecule has 1 aliphatic carbocycles. The third kappa shape index (κ3) is 6.89. The normalized spacial score (nSPS) is 17.5. The van der Waals surface area contributed by atoms with Crippen molar-refractivity contribution in [2.24, 2.45) is 28.4 Å². The van der Waals surface area contributed by atoms with Crippen LogP contribution in [0, 0.1) is 22.7 Å². The van der Waals surface area contributed by atoms with E-state index in [2.05, 4.69) is 0 Å². The molecular formula is C21H37N3O5. The second kappa shape index (κ2) is 9.80. The number of imide groups is 3. The molecule has 0 aromatic carbocycles. The van der Waals surface area contributed by atoms with Crippen LogP contribution in [0.2, 0.25) is 0 Å². The van der Waals surface area contributed by atoms with Crippen molar-refractivity contribution in [1.82, 2.24) is 9.96 Å². The summed E-state index contributed by atoms with van der Waals surface area (Å²) >= 11 is 0. The second-order valence-corrected chi connectivity index (χ2v) is 10.2. The molecular weight excluding hydrogens is 374 g/mol. The van der Waals surface area contributed by atoms with Gasteiger partial charge >= 0.3 is 0 Å². The molecule has 0 spiro atoms. The molecule has 8 heteroatoms. The van der Waals surface area contributed by atoms with E-state index < -0.39 is 40.5 Å².